The molecule has 2 heterocycles. The van der Waals surface area contributed by atoms with E-state index in [1.54, 1.807) is 36.5 Å². The van der Waals surface area contributed by atoms with Gasteiger partial charge in [-0.15, -0.1) is 0 Å². The second-order valence-electron chi connectivity index (χ2n) is 6.53. The Kier molecular flexibility index (Phi) is 5.05. The largest absolute Gasteiger partial charge is 0.478 e. The number of piperazine rings is 1. The molecule has 2 aromatic carbocycles. The van der Waals surface area contributed by atoms with Gasteiger partial charge in [-0.05, 0) is 30.3 Å². The zero-order chi connectivity index (χ0) is 19.3. The quantitative estimate of drug-likeness (QED) is 0.708. The summed E-state index contributed by atoms with van der Waals surface area (Å²) in [6.45, 7) is 3.44. The molecule has 0 spiro atoms. The molecule has 4 rings (SSSR count). The van der Waals surface area contributed by atoms with Gasteiger partial charge in [0.05, 0.1) is 11.3 Å². The SMILES string of the molecule is O=C(O)c1ccccc1Nc1ccnc(N2CCN(c3ccccc3)CC2)n1. The van der Waals surface area contributed by atoms with Gasteiger partial charge in [0.1, 0.15) is 5.82 Å². The van der Waals surface area contributed by atoms with E-state index in [1.807, 2.05) is 6.07 Å². The van der Waals surface area contributed by atoms with Crippen LogP contribution in [0.1, 0.15) is 10.4 Å². The number of nitrogens with one attached hydrogen (secondary N) is 1. The van der Waals surface area contributed by atoms with Crippen molar-refractivity contribution in [2.75, 3.05) is 41.3 Å². The van der Waals surface area contributed by atoms with E-state index in [4.69, 9.17) is 0 Å². The fourth-order valence-electron chi connectivity index (χ4n) is 3.29. The van der Waals surface area contributed by atoms with Crippen LogP contribution in [0.5, 0.6) is 0 Å². The molecule has 3 aromatic rings. The summed E-state index contributed by atoms with van der Waals surface area (Å²) in [5.74, 6) is 0.240. The van der Waals surface area contributed by atoms with E-state index >= 15 is 0 Å². The van der Waals surface area contributed by atoms with E-state index in [-0.39, 0.29) is 5.56 Å². The smallest absolute Gasteiger partial charge is 0.337 e. The predicted octanol–water partition coefficient (Wildman–Crippen LogP) is 3.25. The molecule has 7 heteroatoms. The molecule has 28 heavy (non-hydrogen) atoms. The van der Waals surface area contributed by atoms with Crippen LogP contribution in [-0.4, -0.2) is 47.2 Å². The second kappa shape index (κ2) is 7.96. The molecule has 0 bridgehead atoms. The van der Waals surface area contributed by atoms with Crippen molar-refractivity contribution in [3.63, 3.8) is 0 Å². The Labute approximate surface area is 163 Å². The first-order chi connectivity index (χ1) is 13.7. The molecule has 142 valence electrons. The number of hydrogen-bond donors (Lipinski definition) is 2. The summed E-state index contributed by atoms with van der Waals surface area (Å²) < 4.78 is 0. The van der Waals surface area contributed by atoms with E-state index in [1.165, 1.54) is 5.69 Å². The van der Waals surface area contributed by atoms with E-state index in [0.29, 0.717) is 17.5 Å². The Balaban J connectivity index is 1.46. The first-order valence-corrected chi connectivity index (χ1v) is 9.18. The number of anilines is 4. The molecule has 0 aliphatic carbocycles. The minimum atomic E-state index is -0.977. The van der Waals surface area contributed by atoms with Gasteiger partial charge in [0.25, 0.3) is 0 Å². The van der Waals surface area contributed by atoms with Gasteiger partial charge in [-0.25, -0.2) is 9.78 Å². The molecule has 1 aromatic heterocycles. The van der Waals surface area contributed by atoms with E-state index in [0.717, 1.165) is 26.2 Å². The van der Waals surface area contributed by atoms with Gasteiger partial charge in [-0.1, -0.05) is 30.3 Å². The summed E-state index contributed by atoms with van der Waals surface area (Å²) >= 11 is 0. The highest BCUT2D eigenvalue weighted by atomic mass is 16.4. The number of aromatic carboxylic acids is 1. The Morgan fingerprint density at radius 2 is 1.57 bits per heavy atom. The molecular formula is C21H21N5O2. The molecule has 0 amide bonds. The maximum absolute atomic E-state index is 11.4. The van der Waals surface area contributed by atoms with Gasteiger partial charge in [0, 0.05) is 38.1 Å². The van der Waals surface area contributed by atoms with Crippen molar-refractivity contribution >= 4 is 29.1 Å². The fourth-order valence-corrected chi connectivity index (χ4v) is 3.29. The van der Waals surface area contributed by atoms with Crippen LogP contribution in [0.15, 0.2) is 66.9 Å². The van der Waals surface area contributed by atoms with Crippen LogP contribution in [0.2, 0.25) is 0 Å². The van der Waals surface area contributed by atoms with Crippen molar-refractivity contribution in [2.45, 2.75) is 0 Å². The van der Waals surface area contributed by atoms with Crippen LogP contribution in [-0.2, 0) is 0 Å². The average Bonchev–Trinajstić information content (AvgIpc) is 2.75. The molecule has 1 aliphatic heterocycles. The third-order valence-corrected chi connectivity index (χ3v) is 4.75. The summed E-state index contributed by atoms with van der Waals surface area (Å²) in [5, 5.41) is 12.4. The Hall–Kier alpha value is -3.61. The molecule has 0 saturated carbocycles. The number of para-hydroxylation sites is 2. The van der Waals surface area contributed by atoms with Crippen molar-refractivity contribution in [1.82, 2.24) is 9.97 Å². The molecule has 0 atom stereocenters. The fraction of sp³-hybridized carbons (Fsp3) is 0.190. The number of rotatable bonds is 5. The zero-order valence-electron chi connectivity index (χ0n) is 15.3. The van der Waals surface area contributed by atoms with E-state index < -0.39 is 5.97 Å². The van der Waals surface area contributed by atoms with Gasteiger partial charge in [-0.3, -0.25) is 0 Å². The van der Waals surface area contributed by atoms with Gasteiger partial charge in [-0.2, -0.15) is 4.98 Å². The molecule has 0 unspecified atom stereocenters. The Bertz CT molecular complexity index is 956. The summed E-state index contributed by atoms with van der Waals surface area (Å²) in [4.78, 5) is 24.9. The lowest BCUT2D eigenvalue weighted by Gasteiger charge is -2.36. The first kappa shape index (κ1) is 17.8. The highest BCUT2D eigenvalue weighted by Crippen LogP contribution is 2.22. The minimum Gasteiger partial charge on any atom is -0.478 e. The molecular weight excluding hydrogens is 354 g/mol. The van der Waals surface area contributed by atoms with Crippen molar-refractivity contribution in [1.29, 1.82) is 0 Å². The molecule has 1 saturated heterocycles. The monoisotopic (exact) mass is 375 g/mol. The van der Waals surface area contributed by atoms with Crippen LogP contribution in [0.4, 0.5) is 23.1 Å². The second-order valence-corrected chi connectivity index (χ2v) is 6.53. The third kappa shape index (κ3) is 3.88. The van der Waals surface area contributed by atoms with E-state index in [9.17, 15) is 9.90 Å². The number of carboxylic acid groups (broad SMARTS) is 1. The lowest BCUT2D eigenvalue weighted by Crippen LogP contribution is -2.47. The summed E-state index contributed by atoms with van der Waals surface area (Å²) in [6.07, 6.45) is 1.69. The van der Waals surface area contributed by atoms with Crippen LogP contribution in [0.3, 0.4) is 0 Å². The number of carbonyl (C=O) groups is 1. The average molecular weight is 375 g/mol. The topological polar surface area (TPSA) is 81.6 Å². The normalized spacial score (nSPS) is 14.0. The minimum absolute atomic E-state index is 0.208. The van der Waals surface area contributed by atoms with Crippen LogP contribution in [0, 0.1) is 0 Å². The summed E-state index contributed by atoms with van der Waals surface area (Å²) in [5.41, 5.74) is 1.94. The molecule has 2 N–H and O–H groups in total. The number of hydrogen-bond acceptors (Lipinski definition) is 6. The standard InChI is InChI=1S/C21H21N5O2/c27-20(28)17-8-4-5-9-18(17)23-19-10-11-22-21(24-19)26-14-12-25(13-15-26)16-6-2-1-3-7-16/h1-11H,12-15H2,(H,27,28)(H,22,23,24). The molecule has 7 nitrogen and oxygen atoms in total. The lowest BCUT2D eigenvalue weighted by molar-refractivity contribution is 0.0698. The third-order valence-electron chi connectivity index (χ3n) is 4.75. The predicted molar refractivity (Wildman–Crippen MR) is 110 cm³/mol. The number of benzene rings is 2. The van der Waals surface area contributed by atoms with Crippen molar-refractivity contribution < 1.29 is 9.90 Å². The van der Waals surface area contributed by atoms with Gasteiger partial charge < -0.3 is 20.2 Å². The number of aromatic nitrogens is 2. The molecule has 1 fully saturated rings. The summed E-state index contributed by atoms with van der Waals surface area (Å²) in [6, 6.07) is 18.9. The maximum Gasteiger partial charge on any atom is 0.337 e. The molecule has 0 radical (unpaired) electrons. The zero-order valence-corrected chi connectivity index (χ0v) is 15.3. The van der Waals surface area contributed by atoms with Crippen molar-refractivity contribution in [3.8, 4) is 0 Å². The maximum atomic E-state index is 11.4. The van der Waals surface area contributed by atoms with Gasteiger partial charge in [0.15, 0.2) is 0 Å². The first-order valence-electron chi connectivity index (χ1n) is 9.18. The van der Waals surface area contributed by atoms with Gasteiger partial charge in [0.2, 0.25) is 5.95 Å². The highest BCUT2D eigenvalue weighted by Gasteiger charge is 2.19. The Morgan fingerprint density at radius 1 is 0.893 bits per heavy atom. The van der Waals surface area contributed by atoms with E-state index in [2.05, 4.69) is 49.4 Å². The molecule has 1 aliphatic rings. The lowest BCUT2D eigenvalue weighted by atomic mass is 10.2. The van der Waals surface area contributed by atoms with Crippen molar-refractivity contribution in [3.05, 3.63) is 72.4 Å². The van der Waals surface area contributed by atoms with Gasteiger partial charge >= 0.3 is 5.97 Å². The van der Waals surface area contributed by atoms with Crippen molar-refractivity contribution in [2.24, 2.45) is 0 Å². The number of carboxylic acids is 1. The highest BCUT2D eigenvalue weighted by molar-refractivity contribution is 5.95. The summed E-state index contributed by atoms with van der Waals surface area (Å²) in [7, 11) is 0. The van der Waals surface area contributed by atoms with Crippen LogP contribution in [0.25, 0.3) is 0 Å². The van der Waals surface area contributed by atoms with Crippen LogP contribution >= 0.6 is 0 Å². The van der Waals surface area contributed by atoms with Crippen LogP contribution < -0.4 is 15.1 Å². The Morgan fingerprint density at radius 3 is 2.32 bits per heavy atom. The number of nitrogens with zero attached hydrogens (tertiary/aromatic N) is 4.